The van der Waals surface area contributed by atoms with E-state index < -0.39 is 7.82 Å². The second kappa shape index (κ2) is 18.3. The quantitative estimate of drug-likeness (QED) is 0.0826. The summed E-state index contributed by atoms with van der Waals surface area (Å²) in [5.41, 5.74) is 30.2. The molecule has 6 aromatic heterocycles. The summed E-state index contributed by atoms with van der Waals surface area (Å²) in [7, 11) is -3.96. The highest BCUT2D eigenvalue weighted by atomic mass is 32.1. The van der Waals surface area contributed by atoms with E-state index in [1.165, 1.54) is 0 Å². The highest BCUT2D eigenvalue weighted by molar-refractivity contribution is 7.48. The van der Waals surface area contributed by atoms with Gasteiger partial charge in [-0.2, -0.15) is 13.7 Å². The molecule has 0 aliphatic heterocycles. The predicted octanol–water partition coefficient (Wildman–Crippen LogP) is 4.03. The molecule has 0 fully saturated rings. The lowest BCUT2D eigenvalue weighted by molar-refractivity contribution is -0.689. The number of nitrogens with two attached hydrogens (primary N) is 3. The van der Waals surface area contributed by atoms with E-state index in [1.54, 1.807) is 52.6 Å². The molecule has 0 unspecified atom stereocenters. The number of thiazole rings is 3. The van der Waals surface area contributed by atoms with Gasteiger partial charge in [0.1, 0.15) is 34.9 Å². The van der Waals surface area contributed by atoms with E-state index >= 15 is 0 Å². The van der Waals surface area contributed by atoms with E-state index in [-0.39, 0.29) is 19.8 Å². The average Bonchev–Trinajstić information content (AvgIpc) is 3.80. The van der Waals surface area contributed by atoms with Crippen LogP contribution in [0.3, 0.4) is 0 Å². The molecule has 0 aliphatic carbocycles. The summed E-state index contributed by atoms with van der Waals surface area (Å²) in [5, 5.41) is 0. The molecular formula is C36H48N12O4PS3+3. The number of hydrogen-bond acceptors (Lipinski definition) is 16. The van der Waals surface area contributed by atoms with Crippen molar-refractivity contribution in [3.8, 4) is 0 Å². The summed E-state index contributed by atoms with van der Waals surface area (Å²) in [6.45, 7) is 13.6. The standard InChI is InChI=1S/C36H48N12O4PS3/c1-22-31(54-19-46(22)16-28-13-40-25(4)43-34(28)37)7-10-50-53(49,51-11-8-32-23(2)47(20-55-32)17-29-14-41-26(5)44-35(29)38)52-12-9-33-24(3)48(21-56-33)18-30-15-42-27(6)45-36(30)39/h13-15,19-21H,7-12,16-18H2,1-6H3,(H2,37,40,43)(H2,38,41,44)(H2,39,42,45)/q+3. The van der Waals surface area contributed by atoms with Crippen LogP contribution in [-0.4, -0.2) is 49.7 Å². The minimum absolute atomic E-state index is 0.143. The number of phosphoric acid groups is 1. The molecule has 16 nitrogen and oxygen atoms in total. The van der Waals surface area contributed by atoms with E-state index in [0.29, 0.717) is 73.8 Å². The fraction of sp³-hybridized carbons (Fsp3) is 0.417. The number of nitrogen functional groups attached to an aromatic ring is 3. The number of aryl methyl sites for hydroxylation is 3. The SMILES string of the molecule is Cc1ncc(C[n+]2csc(CCOP(=O)(OCCc3sc[n+](Cc4cnc(C)nc4N)c3C)OCCc3sc[n+](Cc4cnc(C)nc4N)c3C)c2C)c(N)n1. The molecule has 20 heteroatoms. The molecule has 6 heterocycles. The Labute approximate surface area is 338 Å². The van der Waals surface area contributed by atoms with Crippen LogP contribution in [0.1, 0.15) is 65.9 Å². The van der Waals surface area contributed by atoms with Gasteiger partial charge in [-0.25, -0.2) is 34.5 Å². The lowest BCUT2D eigenvalue weighted by Gasteiger charge is -2.17. The number of phosphoric ester groups is 1. The van der Waals surface area contributed by atoms with E-state index in [1.807, 2.05) is 58.1 Å². The van der Waals surface area contributed by atoms with Gasteiger partial charge in [-0.1, -0.05) is 34.0 Å². The molecule has 0 radical (unpaired) electrons. The van der Waals surface area contributed by atoms with E-state index in [2.05, 4.69) is 43.6 Å². The fourth-order valence-corrected chi connectivity index (χ4v) is 9.95. The van der Waals surface area contributed by atoms with Crippen molar-refractivity contribution in [3.05, 3.63) is 101 Å². The van der Waals surface area contributed by atoms with Crippen LogP contribution < -0.4 is 30.9 Å². The van der Waals surface area contributed by atoms with Gasteiger partial charge in [0.05, 0.1) is 51.1 Å². The Kier molecular flexibility index (Phi) is 13.5. The molecule has 0 saturated carbocycles. The van der Waals surface area contributed by atoms with E-state index in [0.717, 1.165) is 48.4 Å². The molecule has 0 aromatic carbocycles. The third-order valence-electron chi connectivity index (χ3n) is 9.28. The Bertz CT molecular complexity index is 2110. The van der Waals surface area contributed by atoms with Crippen molar-refractivity contribution >= 4 is 59.3 Å². The van der Waals surface area contributed by atoms with Crippen molar-refractivity contribution in [2.24, 2.45) is 0 Å². The van der Waals surface area contributed by atoms with Crippen LogP contribution in [0.5, 0.6) is 0 Å². The van der Waals surface area contributed by atoms with E-state index in [9.17, 15) is 4.57 Å². The topological polar surface area (TPSA) is 212 Å². The highest BCUT2D eigenvalue weighted by Crippen LogP contribution is 2.50. The fourth-order valence-electron chi connectivity index (χ4n) is 5.86. The van der Waals surface area contributed by atoms with Crippen molar-refractivity contribution in [3.63, 3.8) is 0 Å². The molecule has 6 N–H and O–H groups in total. The first-order valence-electron chi connectivity index (χ1n) is 18.0. The first kappa shape index (κ1) is 41.3. The van der Waals surface area contributed by atoms with Gasteiger partial charge < -0.3 is 17.2 Å². The molecule has 296 valence electrons. The highest BCUT2D eigenvalue weighted by Gasteiger charge is 2.29. The van der Waals surface area contributed by atoms with Crippen molar-refractivity contribution < 1.29 is 31.8 Å². The molecule has 0 aliphatic rings. The van der Waals surface area contributed by atoms with Crippen LogP contribution in [0.25, 0.3) is 0 Å². The second-order valence-electron chi connectivity index (χ2n) is 13.3. The number of nitrogens with zero attached hydrogens (tertiary/aromatic N) is 9. The van der Waals surface area contributed by atoms with Gasteiger partial charge in [-0.3, -0.25) is 13.6 Å². The van der Waals surface area contributed by atoms with Gasteiger partial charge in [0, 0.05) is 58.6 Å². The maximum Gasteiger partial charge on any atom is 0.474 e. The Morgan fingerprint density at radius 3 is 1.09 bits per heavy atom. The molecule has 6 rings (SSSR count). The minimum atomic E-state index is -3.96. The monoisotopic (exact) mass is 839 g/mol. The Morgan fingerprint density at radius 2 is 0.821 bits per heavy atom. The maximum atomic E-state index is 14.2. The predicted molar refractivity (Wildman–Crippen MR) is 215 cm³/mol. The average molecular weight is 840 g/mol. The summed E-state index contributed by atoms with van der Waals surface area (Å²) in [5.74, 6) is 3.29. The summed E-state index contributed by atoms with van der Waals surface area (Å²) >= 11 is 4.78. The van der Waals surface area contributed by atoms with Gasteiger partial charge in [0.25, 0.3) is 0 Å². The number of anilines is 3. The van der Waals surface area contributed by atoms with Crippen LogP contribution in [0.4, 0.5) is 17.5 Å². The third-order valence-corrected chi connectivity index (χ3v) is 14.2. The van der Waals surface area contributed by atoms with Gasteiger partial charge in [0.15, 0.2) is 36.7 Å². The number of hydrogen-bond donors (Lipinski definition) is 3. The summed E-state index contributed by atoms with van der Waals surface area (Å²) in [4.78, 5) is 29.0. The lowest BCUT2D eigenvalue weighted by atomic mass is 10.2. The number of aromatic nitrogens is 9. The molecule has 0 spiro atoms. The van der Waals surface area contributed by atoms with Crippen molar-refractivity contribution in [1.82, 2.24) is 29.9 Å². The minimum Gasteiger partial charge on any atom is -0.383 e. The van der Waals surface area contributed by atoms with Crippen LogP contribution >= 0.6 is 41.8 Å². The molecular weight excluding hydrogens is 792 g/mol. The Balaban J connectivity index is 1.10. The number of rotatable bonds is 18. The molecule has 0 amide bonds. The Hall–Kier alpha value is -4.36. The molecule has 56 heavy (non-hydrogen) atoms. The first-order valence-corrected chi connectivity index (χ1v) is 22.0. The second-order valence-corrected chi connectivity index (χ2v) is 17.7. The molecule has 0 atom stereocenters. The zero-order chi connectivity index (χ0) is 40.0. The maximum absolute atomic E-state index is 14.2. The normalized spacial score (nSPS) is 11.8. The first-order chi connectivity index (χ1) is 26.8. The molecule has 0 saturated heterocycles. The zero-order valence-electron chi connectivity index (χ0n) is 32.4. The zero-order valence-corrected chi connectivity index (χ0v) is 35.7. The van der Waals surface area contributed by atoms with Crippen molar-refractivity contribution in [1.29, 1.82) is 0 Å². The van der Waals surface area contributed by atoms with Gasteiger partial charge >= 0.3 is 7.82 Å². The van der Waals surface area contributed by atoms with Crippen molar-refractivity contribution in [2.75, 3.05) is 37.0 Å². The van der Waals surface area contributed by atoms with E-state index in [4.69, 9.17) is 30.8 Å². The lowest BCUT2D eigenvalue weighted by Crippen LogP contribution is -2.35. The largest absolute Gasteiger partial charge is 0.474 e. The van der Waals surface area contributed by atoms with Gasteiger partial charge in [-0.05, 0) is 20.8 Å². The molecule has 0 bridgehead atoms. The van der Waals surface area contributed by atoms with Crippen LogP contribution in [0.2, 0.25) is 0 Å². The van der Waals surface area contributed by atoms with Crippen LogP contribution in [-0.2, 0) is 57.0 Å². The smallest absolute Gasteiger partial charge is 0.383 e. The van der Waals surface area contributed by atoms with Gasteiger partial charge in [-0.15, -0.1) is 0 Å². The summed E-state index contributed by atoms with van der Waals surface area (Å²) in [6.07, 6.45) is 6.83. The summed E-state index contributed by atoms with van der Waals surface area (Å²) < 4.78 is 38.5. The Morgan fingerprint density at radius 1 is 0.536 bits per heavy atom. The summed E-state index contributed by atoms with van der Waals surface area (Å²) in [6, 6.07) is 0. The van der Waals surface area contributed by atoms with Crippen LogP contribution in [0.15, 0.2) is 35.1 Å². The van der Waals surface area contributed by atoms with Crippen molar-refractivity contribution in [2.45, 2.75) is 80.4 Å². The molecule has 6 aromatic rings. The van der Waals surface area contributed by atoms with Crippen LogP contribution in [0, 0.1) is 41.5 Å². The third kappa shape index (κ3) is 10.3. The van der Waals surface area contributed by atoms with Gasteiger partial charge in [0.2, 0.25) is 16.5 Å².